The Kier molecular flexibility index (Phi) is 4.94. The first-order valence-electron chi connectivity index (χ1n) is 9.39. The lowest BCUT2D eigenvalue weighted by Crippen LogP contribution is -2.26. The van der Waals surface area contributed by atoms with Crippen LogP contribution in [0.5, 0.6) is 5.75 Å². The highest BCUT2D eigenvalue weighted by atomic mass is 16.5. The molecule has 0 N–H and O–H groups in total. The Balaban J connectivity index is 1.76. The number of benzene rings is 3. The molecule has 3 aromatic carbocycles. The number of hydrogen-bond acceptors (Lipinski definition) is 3. The Morgan fingerprint density at radius 3 is 2.39 bits per heavy atom. The zero-order chi connectivity index (χ0) is 19.5. The second-order valence-corrected chi connectivity index (χ2v) is 6.90. The number of aryl methyl sites for hydroxylation is 2. The quantitative estimate of drug-likeness (QED) is 0.509. The van der Waals surface area contributed by atoms with E-state index in [1.807, 2.05) is 54.6 Å². The average Bonchev–Trinajstić information content (AvgIpc) is 2.72. The van der Waals surface area contributed by atoms with Gasteiger partial charge in [-0.1, -0.05) is 54.1 Å². The van der Waals surface area contributed by atoms with Gasteiger partial charge in [-0.25, -0.2) is 4.68 Å². The molecule has 28 heavy (non-hydrogen) atoms. The number of ether oxygens (including phenoxy) is 1. The van der Waals surface area contributed by atoms with Crippen LogP contribution in [0.4, 0.5) is 0 Å². The van der Waals surface area contributed by atoms with Crippen molar-refractivity contribution in [3.05, 3.63) is 94.3 Å². The van der Waals surface area contributed by atoms with Crippen molar-refractivity contribution in [1.82, 2.24) is 9.78 Å². The minimum Gasteiger partial charge on any atom is -0.492 e. The van der Waals surface area contributed by atoms with Gasteiger partial charge in [0.05, 0.1) is 17.6 Å². The van der Waals surface area contributed by atoms with Gasteiger partial charge in [0.15, 0.2) is 0 Å². The Hall–Kier alpha value is -3.40. The van der Waals surface area contributed by atoms with E-state index in [1.54, 1.807) is 0 Å². The highest BCUT2D eigenvalue weighted by Crippen LogP contribution is 2.28. The first-order chi connectivity index (χ1) is 13.6. The molecule has 4 rings (SSSR count). The Morgan fingerprint density at radius 2 is 1.61 bits per heavy atom. The van der Waals surface area contributed by atoms with Crippen molar-refractivity contribution in [3.63, 3.8) is 0 Å². The van der Waals surface area contributed by atoms with Crippen LogP contribution < -0.4 is 10.3 Å². The molecular formula is C24H22N2O2. The van der Waals surface area contributed by atoms with E-state index >= 15 is 0 Å². The Bertz CT molecular complexity index is 1180. The van der Waals surface area contributed by atoms with Crippen molar-refractivity contribution >= 4 is 10.8 Å². The summed E-state index contributed by atoms with van der Waals surface area (Å²) in [5, 5.41) is 6.28. The summed E-state index contributed by atoms with van der Waals surface area (Å²) in [4.78, 5) is 13.0. The van der Waals surface area contributed by atoms with Crippen LogP contribution in [0.25, 0.3) is 22.0 Å². The molecule has 0 radical (unpaired) electrons. The first kappa shape index (κ1) is 18.0. The standard InChI is InChI=1S/C24H22N2O2/c1-17-12-13-18(2)22(16-17)23-20-10-6-7-11-21(20)24(27)26(25-23)14-15-28-19-8-4-3-5-9-19/h3-13,16H,14-15H2,1-2H3. The minimum atomic E-state index is -0.0960. The fourth-order valence-corrected chi connectivity index (χ4v) is 3.34. The second kappa shape index (κ2) is 7.69. The zero-order valence-corrected chi connectivity index (χ0v) is 16.1. The summed E-state index contributed by atoms with van der Waals surface area (Å²) >= 11 is 0. The van der Waals surface area contributed by atoms with Gasteiger partial charge in [-0.15, -0.1) is 0 Å². The van der Waals surface area contributed by atoms with Crippen LogP contribution in [-0.2, 0) is 6.54 Å². The number of aromatic nitrogens is 2. The van der Waals surface area contributed by atoms with E-state index in [-0.39, 0.29) is 5.56 Å². The molecule has 4 aromatic rings. The molecule has 0 saturated heterocycles. The van der Waals surface area contributed by atoms with E-state index in [2.05, 4.69) is 32.0 Å². The summed E-state index contributed by atoms with van der Waals surface area (Å²) in [7, 11) is 0. The number of fused-ring (bicyclic) bond motifs is 1. The fraction of sp³-hybridized carbons (Fsp3) is 0.167. The molecule has 0 aliphatic rings. The molecule has 0 spiro atoms. The summed E-state index contributed by atoms with van der Waals surface area (Å²) < 4.78 is 7.28. The largest absolute Gasteiger partial charge is 0.492 e. The molecule has 1 heterocycles. The lowest BCUT2D eigenvalue weighted by molar-refractivity contribution is 0.288. The van der Waals surface area contributed by atoms with Gasteiger partial charge in [-0.05, 0) is 43.7 Å². The highest BCUT2D eigenvalue weighted by molar-refractivity contribution is 5.94. The Labute approximate surface area is 164 Å². The number of hydrogen-bond donors (Lipinski definition) is 0. The Morgan fingerprint density at radius 1 is 0.893 bits per heavy atom. The monoisotopic (exact) mass is 370 g/mol. The SMILES string of the molecule is Cc1ccc(C)c(-c2nn(CCOc3ccccc3)c(=O)c3ccccc23)c1. The maximum absolute atomic E-state index is 13.0. The molecule has 0 bridgehead atoms. The van der Waals surface area contributed by atoms with Crippen molar-refractivity contribution < 1.29 is 4.74 Å². The van der Waals surface area contributed by atoms with Crippen LogP contribution in [0.2, 0.25) is 0 Å². The minimum absolute atomic E-state index is 0.0960. The van der Waals surface area contributed by atoms with Crippen molar-refractivity contribution in [3.8, 4) is 17.0 Å². The summed E-state index contributed by atoms with van der Waals surface area (Å²) in [5.41, 5.74) is 4.08. The van der Waals surface area contributed by atoms with Crippen LogP contribution in [0.1, 0.15) is 11.1 Å². The van der Waals surface area contributed by atoms with Crippen molar-refractivity contribution in [2.24, 2.45) is 0 Å². The van der Waals surface area contributed by atoms with E-state index in [0.717, 1.165) is 33.5 Å². The molecule has 0 atom stereocenters. The summed E-state index contributed by atoms with van der Waals surface area (Å²) in [6.45, 7) is 4.89. The molecular weight excluding hydrogens is 348 g/mol. The molecule has 140 valence electrons. The molecule has 0 unspecified atom stereocenters. The third kappa shape index (κ3) is 3.54. The normalized spacial score (nSPS) is 10.9. The van der Waals surface area contributed by atoms with Gasteiger partial charge in [-0.3, -0.25) is 4.79 Å². The third-order valence-electron chi connectivity index (χ3n) is 4.83. The second-order valence-electron chi connectivity index (χ2n) is 6.90. The van der Waals surface area contributed by atoms with Crippen LogP contribution in [0.15, 0.2) is 77.6 Å². The van der Waals surface area contributed by atoms with E-state index in [9.17, 15) is 4.79 Å². The maximum atomic E-state index is 13.0. The molecule has 0 aliphatic heterocycles. The zero-order valence-electron chi connectivity index (χ0n) is 16.1. The van der Waals surface area contributed by atoms with E-state index in [1.165, 1.54) is 4.68 Å². The van der Waals surface area contributed by atoms with Crippen LogP contribution in [0.3, 0.4) is 0 Å². The van der Waals surface area contributed by atoms with Gasteiger partial charge in [0.2, 0.25) is 0 Å². The number of para-hydroxylation sites is 1. The van der Waals surface area contributed by atoms with Gasteiger partial charge in [0.25, 0.3) is 5.56 Å². The molecule has 4 nitrogen and oxygen atoms in total. The van der Waals surface area contributed by atoms with Gasteiger partial charge in [-0.2, -0.15) is 5.10 Å². The molecule has 0 amide bonds. The summed E-state index contributed by atoms with van der Waals surface area (Å²) in [5.74, 6) is 0.783. The lowest BCUT2D eigenvalue weighted by atomic mass is 9.99. The topological polar surface area (TPSA) is 44.1 Å². The predicted molar refractivity (Wildman–Crippen MR) is 113 cm³/mol. The maximum Gasteiger partial charge on any atom is 0.274 e. The molecule has 0 saturated carbocycles. The van der Waals surface area contributed by atoms with Gasteiger partial charge < -0.3 is 4.74 Å². The van der Waals surface area contributed by atoms with E-state index < -0.39 is 0 Å². The third-order valence-corrected chi connectivity index (χ3v) is 4.83. The summed E-state index contributed by atoms with van der Waals surface area (Å²) in [6.07, 6.45) is 0. The number of rotatable bonds is 5. The molecule has 0 fully saturated rings. The van der Waals surface area contributed by atoms with Crippen LogP contribution >= 0.6 is 0 Å². The summed E-state index contributed by atoms with van der Waals surface area (Å²) in [6, 6.07) is 23.6. The van der Waals surface area contributed by atoms with Gasteiger partial charge in [0.1, 0.15) is 12.4 Å². The average molecular weight is 370 g/mol. The van der Waals surface area contributed by atoms with E-state index in [0.29, 0.717) is 18.5 Å². The smallest absolute Gasteiger partial charge is 0.274 e. The number of nitrogens with zero attached hydrogens (tertiary/aromatic N) is 2. The predicted octanol–water partition coefficient (Wildman–Crippen LogP) is 4.76. The molecule has 1 aromatic heterocycles. The molecule has 0 aliphatic carbocycles. The lowest BCUT2D eigenvalue weighted by Gasteiger charge is -2.14. The first-order valence-corrected chi connectivity index (χ1v) is 9.39. The van der Waals surface area contributed by atoms with Crippen LogP contribution in [0, 0.1) is 13.8 Å². The van der Waals surface area contributed by atoms with Gasteiger partial charge in [0, 0.05) is 10.9 Å². The van der Waals surface area contributed by atoms with Crippen molar-refractivity contribution in [2.45, 2.75) is 20.4 Å². The van der Waals surface area contributed by atoms with Crippen LogP contribution in [-0.4, -0.2) is 16.4 Å². The van der Waals surface area contributed by atoms with Crippen molar-refractivity contribution in [2.75, 3.05) is 6.61 Å². The van der Waals surface area contributed by atoms with Crippen molar-refractivity contribution in [1.29, 1.82) is 0 Å². The van der Waals surface area contributed by atoms with Gasteiger partial charge >= 0.3 is 0 Å². The molecule has 4 heteroatoms. The van der Waals surface area contributed by atoms with E-state index in [4.69, 9.17) is 9.84 Å². The fourth-order valence-electron chi connectivity index (χ4n) is 3.34. The highest BCUT2D eigenvalue weighted by Gasteiger charge is 2.14.